The van der Waals surface area contributed by atoms with Gasteiger partial charge in [0.1, 0.15) is 12.1 Å². The average molecular weight is 353 g/mol. The van der Waals surface area contributed by atoms with Crippen LogP contribution in [0.1, 0.15) is 12.5 Å². The molecule has 0 saturated carbocycles. The summed E-state index contributed by atoms with van der Waals surface area (Å²) in [5.74, 6) is -0.276. The molecule has 3 heterocycles. The van der Waals surface area contributed by atoms with Gasteiger partial charge in [-0.2, -0.15) is 13.2 Å². The number of aliphatic hydroxyl groups excluding tert-OH is 1. The number of hydrogen-bond donors (Lipinski definition) is 1. The van der Waals surface area contributed by atoms with Gasteiger partial charge >= 0.3 is 12.2 Å². The minimum absolute atomic E-state index is 0.146. The van der Waals surface area contributed by atoms with Crippen LogP contribution in [0, 0.1) is 0 Å². The van der Waals surface area contributed by atoms with Crippen molar-refractivity contribution < 1.29 is 23.1 Å². The molecular formula is C15H14F3N5O2. The van der Waals surface area contributed by atoms with Crippen LogP contribution in [0.25, 0.3) is 11.1 Å². The van der Waals surface area contributed by atoms with Crippen molar-refractivity contribution in [3.63, 3.8) is 0 Å². The van der Waals surface area contributed by atoms with Crippen LogP contribution >= 0.6 is 0 Å². The number of nitrogens with zero attached hydrogens (tertiary/aromatic N) is 5. The number of amides is 2. The van der Waals surface area contributed by atoms with Crippen molar-refractivity contribution in [1.82, 2.24) is 19.9 Å². The third-order valence-electron chi connectivity index (χ3n) is 4.13. The largest absolute Gasteiger partial charge is 0.417 e. The molecule has 0 radical (unpaired) electrons. The van der Waals surface area contributed by atoms with Gasteiger partial charge in [-0.25, -0.2) is 24.6 Å². The summed E-state index contributed by atoms with van der Waals surface area (Å²) in [5.41, 5.74) is -1.05. The molecule has 0 spiro atoms. The number of carbonyl (C=O) groups is 1. The number of alkyl halides is 3. The molecule has 3 rings (SSSR count). The number of urea groups is 1. The van der Waals surface area contributed by atoms with Crippen molar-refractivity contribution in [1.29, 1.82) is 0 Å². The Hall–Kier alpha value is -2.75. The van der Waals surface area contributed by atoms with E-state index in [2.05, 4.69) is 15.0 Å². The normalized spacial score (nSPS) is 21.1. The second-order valence-corrected chi connectivity index (χ2v) is 5.63. The van der Waals surface area contributed by atoms with E-state index >= 15 is 0 Å². The number of carbonyl (C=O) groups excluding carboxylic acids is 1. The van der Waals surface area contributed by atoms with Crippen LogP contribution in [0.5, 0.6) is 0 Å². The number of hydrogen-bond acceptors (Lipinski definition) is 5. The van der Waals surface area contributed by atoms with E-state index in [1.54, 1.807) is 6.92 Å². The van der Waals surface area contributed by atoms with E-state index in [0.29, 0.717) is 0 Å². The molecule has 2 amide bonds. The summed E-state index contributed by atoms with van der Waals surface area (Å²) in [5, 5.41) is 10.2. The maximum atomic E-state index is 13.5. The summed E-state index contributed by atoms with van der Waals surface area (Å²) in [6.07, 6.45) is -1.30. The van der Waals surface area contributed by atoms with Gasteiger partial charge in [0.05, 0.1) is 11.6 Å². The maximum Gasteiger partial charge on any atom is 0.417 e. The SMILES string of the molecule is CC1C(O)N(c2cc(C(F)(F)F)c(-c3cncnc3)cn2)C(=O)N1C. The highest BCUT2D eigenvalue weighted by molar-refractivity contribution is 5.94. The summed E-state index contributed by atoms with van der Waals surface area (Å²) in [7, 11) is 1.45. The zero-order chi connectivity index (χ0) is 18.4. The highest BCUT2D eigenvalue weighted by Crippen LogP contribution is 2.39. The first-order valence-electron chi connectivity index (χ1n) is 7.28. The lowest BCUT2D eigenvalue weighted by atomic mass is 10.0. The monoisotopic (exact) mass is 353 g/mol. The number of rotatable bonds is 2. The maximum absolute atomic E-state index is 13.5. The van der Waals surface area contributed by atoms with E-state index in [1.807, 2.05) is 0 Å². The van der Waals surface area contributed by atoms with Crippen molar-refractivity contribution in [3.8, 4) is 11.1 Å². The van der Waals surface area contributed by atoms with Gasteiger partial charge in [-0.15, -0.1) is 0 Å². The molecule has 0 bridgehead atoms. The summed E-state index contributed by atoms with van der Waals surface area (Å²) in [6, 6.07) is -0.461. The Labute approximate surface area is 140 Å². The molecule has 1 aliphatic rings. The zero-order valence-electron chi connectivity index (χ0n) is 13.3. The highest BCUT2D eigenvalue weighted by Gasteiger charge is 2.43. The summed E-state index contributed by atoms with van der Waals surface area (Å²) >= 11 is 0. The Morgan fingerprint density at radius 2 is 1.84 bits per heavy atom. The summed E-state index contributed by atoms with van der Waals surface area (Å²) in [4.78, 5) is 25.6. The van der Waals surface area contributed by atoms with E-state index in [-0.39, 0.29) is 16.9 Å². The minimum atomic E-state index is -4.69. The fourth-order valence-corrected chi connectivity index (χ4v) is 2.59. The molecule has 132 valence electrons. The van der Waals surface area contributed by atoms with E-state index < -0.39 is 30.0 Å². The van der Waals surface area contributed by atoms with Gasteiger partial charge in [-0.05, 0) is 13.0 Å². The molecule has 1 aliphatic heterocycles. The van der Waals surface area contributed by atoms with Crippen LogP contribution in [0.15, 0.2) is 31.0 Å². The number of aliphatic hydroxyl groups is 1. The zero-order valence-corrected chi connectivity index (χ0v) is 13.3. The second-order valence-electron chi connectivity index (χ2n) is 5.63. The van der Waals surface area contributed by atoms with E-state index in [0.717, 1.165) is 17.2 Å². The Morgan fingerprint density at radius 3 is 2.36 bits per heavy atom. The smallest absolute Gasteiger partial charge is 0.371 e. The molecule has 1 N–H and O–H groups in total. The van der Waals surface area contributed by atoms with Gasteiger partial charge in [0.15, 0.2) is 6.23 Å². The van der Waals surface area contributed by atoms with Gasteiger partial charge in [-0.3, -0.25) is 0 Å². The van der Waals surface area contributed by atoms with Crippen molar-refractivity contribution in [3.05, 3.63) is 36.5 Å². The lowest BCUT2D eigenvalue weighted by Gasteiger charge is -2.21. The Morgan fingerprint density at radius 1 is 1.20 bits per heavy atom. The molecule has 7 nitrogen and oxygen atoms in total. The predicted molar refractivity (Wildman–Crippen MR) is 81.4 cm³/mol. The second kappa shape index (κ2) is 5.96. The van der Waals surface area contributed by atoms with Crippen molar-refractivity contribution in [2.45, 2.75) is 25.4 Å². The quantitative estimate of drug-likeness (QED) is 0.894. The third-order valence-corrected chi connectivity index (χ3v) is 4.13. The van der Waals surface area contributed by atoms with Crippen LogP contribution in [-0.2, 0) is 6.18 Å². The van der Waals surface area contributed by atoms with Crippen LogP contribution in [0.3, 0.4) is 0 Å². The van der Waals surface area contributed by atoms with Gasteiger partial charge in [-0.1, -0.05) is 0 Å². The molecule has 25 heavy (non-hydrogen) atoms. The Bertz CT molecular complexity index is 799. The number of likely N-dealkylation sites (N-methyl/N-ethyl adjacent to an activating group) is 1. The molecule has 0 aliphatic carbocycles. The van der Waals surface area contributed by atoms with Gasteiger partial charge in [0.25, 0.3) is 0 Å². The lowest BCUT2D eigenvalue weighted by Crippen LogP contribution is -2.36. The summed E-state index contributed by atoms with van der Waals surface area (Å²) in [6.45, 7) is 1.59. The van der Waals surface area contributed by atoms with Crippen molar-refractivity contribution in [2.24, 2.45) is 0 Å². The molecule has 1 fully saturated rings. The van der Waals surface area contributed by atoms with E-state index in [4.69, 9.17) is 0 Å². The van der Waals surface area contributed by atoms with Crippen LogP contribution < -0.4 is 4.90 Å². The van der Waals surface area contributed by atoms with Crippen LogP contribution in [0.4, 0.5) is 23.8 Å². The molecule has 2 aromatic rings. The first-order valence-corrected chi connectivity index (χ1v) is 7.28. The highest BCUT2D eigenvalue weighted by atomic mass is 19.4. The topological polar surface area (TPSA) is 82.5 Å². The average Bonchev–Trinajstić information content (AvgIpc) is 2.78. The first kappa shape index (κ1) is 17.1. The van der Waals surface area contributed by atoms with E-state index in [1.165, 1.54) is 30.7 Å². The Balaban J connectivity index is 2.12. The number of halogens is 3. The van der Waals surface area contributed by atoms with Gasteiger partial charge in [0, 0.05) is 36.8 Å². The lowest BCUT2D eigenvalue weighted by molar-refractivity contribution is -0.137. The van der Waals surface area contributed by atoms with Crippen LogP contribution in [0.2, 0.25) is 0 Å². The minimum Gasteiger partial charge on any atom is -0.371 e. The fraction of sp³-hybridized carbons (Fsp3) is 0.333. The molecule has 2 atom stereocenters. The third kappa shape index (κ3) is 2.88. The number of pyridine rings is 1. The number of aromatic nitrogens is 3. The van der Waals surface area contributed by atoms with Crippen molar-refractivity contribution >= 4 is 11.8 Å². The fourth-order valence-electron chi connectivity index (χ4n) is 2.59. The molecule has 1 saturated heterocycles. The molecule has 2 aromatic heterocycles. The van der Waals surface area contributed by atoms with Gasteiger partial charge < -0.3 is 10.0 Å². The molecule has 10 heteroatoms. The Kier molecular flexibility index (Phi) is 4.07. The first-order chi connectivity index (χ1) is 11.7. The predicted octanol–water partition coefficient (Wildman–Crippen LogP) is 2.14. The standard InChI is InChI=1S/C15H14F3N5O2/c1-8-13(24)23(14(25)22(8)2)12-3-11(15(16,17)18)10(6-21-12)9-4-19-7-20-5-9/h3-8,13,24H,1-2H3. The molecule has 2 unspecified atom stereocenters. The summed E-state index contributed by atoms with van der Waals surface area (Å²) < 4.78 is 40.5. The van der Waals surface area contributed by atoms with Gasteiger partial charge in [0.2, 0.25) is 0 Å². The van der Waals surface area contributed by atoms with E-state index in [9.17, 15) is 23.1 Å². The van der Waals surface area contributed by atoms with Crippen LogP contribution in [-0.4, -0.2) is 50.3 Å². The molecule has 0 aromatic carbocycles. The number of anilines is 1. The molecular weight excluding hydrogens is 339 g/mol. The van der Waals surface area contributed by atoms with Crippen molar-refractivity contribution in [2.75, 3.05) is 11.9 Å².